The topological polar surface area (TPSA) is 96.4 Å². The molecule has 0 spiro atoms. The second-order valence-electron chi connectivity index (χ2n) is 6.14. The molecule has 0 fully saturated rings. The number of aromatic nitrogens is 8. The molecule has 0 aliphatic carbocycles. The van der Waals surface area contributed by atoms with Crippen molar-refractivity contribution in [1.82, 2.24) is 40.0 Å². The monoisotopic (exact) mass is 362 g/mol. The van der Waals surface area contributed by atoms with Gasteiger partial charge in [0.2, 0.25) is 5.82 Å². The minimum Gasteiger partial charge on any atom is -0.452 e. The predicted molar refractivity (Wildman–Crippen MR) is 97.2 cm³/mol. The zero-order chi connectivity index (χ0) is 18.8. The Morgan fingerprint density at radius 2 is 1.85 bits per heavy atom. The summed E-state index contributed by atoms with van der Waals surface area (Å²) in [5, 5.41) is 20.9. The van der Waals surface area contributed by atoms with E-state index < -0.39 is 6.10 Å². The third kappa shape index (κ3) is 3.39. The maximum absolute atomic E-state index is 5.90. The smallest absolute Gasteiger partial charge is 0.317 e. The fourth-order valence-corrected chi connectivity index (χ4v) is 2.63. The second kappa shape index (κ2) is 6.94. The van der Waals surface area contributed by atoms with Gasteiger partial charge in [0.25, 0.3) is 0 Å². The number of tetrazole rings is 1. The molecule has 136 valence electrons. The van der Waals surface area contributed by atoms with Crippen LogP contribution in [-0.4, -0.2) is 40.0 Å². The molecule has 0 saturated heterocycles. The molecule has 1 unspecified atom stereocenters. The second-order valence-corrected chi connectivity index (χ2v) is 6.14. The van der Waals surface area contributed by atoms with Gasteiger partial charge in [0.1, 0.15) is 0 Å². The largest absolute Gasteiger partial charge is 0.452 e. The number of benzene rings is 1. The molecule has 27 heavy (non-hydrogen) atoms. The van der Waals surface area contributed by atoms with Gasteiger partial charge in [-0.05, 0) is 48.9 Å². The Morgan fingerprint density at radius 1 is 1.04 bits per heavy atom. The fraction of sp³-hybridized carbons (Fsp3) is 0.222. The molecule has 4 rings (SSSR count). The molecule has 3 aromatic heterocycles. The van der Waals surface area contributed by atoms with Crippen LogP contribution in [0.3, 0.4) is 0 Å². The minimum absolute atomic E-state index is 0.376. The molecule has 0 aliphatic heterocycles. The highest BCUT2D eigenvalue weighted by molar-refractivity contribution is 5.54. The van der Waals surface area contributed by atoms with E-state index in [9.17, 15) is 0 Å². The van der Waals surface area contributed by atoms with Crippen LogP contribution in [0.15, 0.2) is 48.8 Å². The van der Waals surface area contributed by atoms with Crippen molar-refractivity contribution in [2.24, 2.45) is 7.05 Å². The van der Waals surface area contributed by atoms with Crippen LogP contribution < -0.4 is 4.74 Å². The molecule has 0 amide bonds. The van der Waals surface area contributed by atoms with Gasteiger partial charge in [-0.15, -0.1) is 20.1 Å². The van der Waals surface area contributed by atoms with Crippen LogP contribution in [-0.2, 0) is 7.05 Å². The standard InChI is InChI=1S/C18H18N8O/c1-12-5-4-6-15(11-12)26-23-16(20-24-26)13(2)27-18-22-21-17(25(18)3)14-7-9-19-10-8-14/h4-11,13H,1-3H3. The number of nitrogens with zero attached hydrogens (tertiary/aromatic N) is 8. The molecule has 9 heteroatoms. The Kier molecular flexibility index (Phi) is 4.33. The van der Waals surface area contributed by atoms with Crippen molar-refractivity contribution in [2.45, 2.75) is 20.0 Å². The summed E-state index contributed by atoms with van der Waals surface area (Å²) >= 11 is 0. The summed E-state index contributed by atoms with van der Waals surface area (Å²) in [7, 11) is 1.84. The number of ether oxygens (including phenoxy) is 1. The van der Waals surface area contributed by atoms with E-state index in [0.29, 0.717) is 17.7 Å². The van der Waals surface area contributed by atoms with Gasteiger partial charge in [-0.3, -0.25) is 9.55 Å². The average molecular weight is 362 g/mol. The first kappa shape index (κ1) is 16.8. The molecule has 0 saturated carbocycles. The minimum atomic E-state index is -0.434. The quantitative estimate of drug-likeness (QED) is 0.537. The summed E-state index contributed by atoms with van der Waals surface area (Å²) in [4.78, 5) is 5.50. The fourth-order valence-electron chi connectivity index (χ4n) is 2.63. The van der Waals surface area contributed by atoms with Crippen LogP contribution >= 0.6 is 0 Å². The Morgan fingerprint density at radius 3 is 2.63 bits per heavy atom. The third-order valence-corrected chi connectivity index (χ3v) is 4.08. The van der Waals surface area contributed by atoms with E-state index in [1.807, 2.05) is 57.3 Å². The summed E-state index contributed by atoms with van der Waals surface area (Å²) < 4.78 is 7.68. The first-order chi connectivity index (χ1) is 13.1. The lowest BCUT2D eigenvalue weighted by Crippen LogP contribution is -2.09. The van der Waals surface area contributed by atoms with E-state index in [2.05, 4.69) is 30.6 Å². The SMILES string of the molecule is Cc1cccc(-n2nnc(C(C)Oc3nnc(-c4ccncc4)n3C)n2)c1. The third-order valence-electron chi connectivity index (χ3n) is 4.08. The van der Waals surface area contributed by atoms with Crippen molar-refractivity contribution in [1.29, 1.82) is 0 Å². The Balaban J connectivity index is 1.53. The highest BCUT2D eigenvalue weighted by atomic mass is 16.5. The number of hydrogen-bond acceptors (Lipinski definition) is 7. The summed E-state index contributed by atoms with van der Waals surface area (Å²) in [5.74, 6) is 1.15. The molecule has 0 bridgehead atoms. The normalized spacial score (nSPS) is 12.1. The lowest BCUT2D eigenvalue weighted by molar-refractivity contribution is 0.190. The Hall–Kier alpha value is -3.62. The van der Waals surface area contributed by atoms with E-state index in [4.69, 9.17) is 4.74 Å². The Labute approximate surface area is 155 Å². The maximum atomic E-state index is 5.90. The van der Waals surface area contributed by atoms with Crippen LogP contribution in [0.25, 0.3) is 17.1 Å². The lowest BCUT2D eigenvalue weighted by Gasteiger charge is -2.10. The van der Waals surface area contributed by atoms with Gasteiger partial charge in [0, 0.05) is 25.0 Å². The van der Waals surface area contributed by atoms with Gasteiger partial charge in [-0.2, -0.15) is 0 Å². The van der Waals surface area contributed by atoms with E-state index in [-0.39, 0.29) is 0 Å². The predicted octanol–water partition coefficient (Wildman–Crippen LogP) is 2.30. The van der Waals surface area contributed by atoms with Crippen molar-refractivity contribution in [2.75, 3.05) is 0 Å². The summed E-state index contributed by atoms with van der Waals surface area (Å²) in [6, 6.07) is 12.0. The van der Waals surface area contributed by atoms with E-state index in [1.165, 1.54) is 4.80 Å². The number of pyridine rings is 1. The lowest BCUT2D eigenvalue weighted by atomic mass is 10.2. The van der Waals surface area contributed by atoms with Crippen LogP contribution in [0.4, 0.5) is 0 Å². The zero-order valence-corrected chi connectivity index (χ0v) is 15.2. The van der Waals surface area contributed by atoms with Gasteiger partial charge in [-0.25, -0.2) is 0 Å². The number of hydrogen-bond donors (Lipinski definition) is 0. The highest BCUT2D eigenvalue weighted by Gasteiger charge is 2.19. The molecule has 1 aromatic carbocycles. The van der Waals surface area contributed by atoms with Crippen molar-refractivity contribution >= 4 is 0 Å². The van der Waals surface area contributed by atoms with Crippen LogP contribution in [0.5, 0.6) is 6.01 Å². The molecule has 3 heterocycles. The van der Waals surface area contributed by atoms with E-state index in [0.717, 1.165) is 16.8 Å². The molecule has 1 atom stereocenters. The van der Waals surface area contributed by atoms with Crippen LogP contribution in [0, 0.1) is 6.92 Å². The van der Waals surface area contributed by atoms with E-state index in [1.54, 1.807) is 17.0 Å². The molecular weight excluding hydrogens is 344 g/mol. The maximum Gasteiger partial charge on any atom is 0.317 e. The van der Waals surface area contributed by atoms with Crippen LogP contribution in [0.2, 0.25) is 0 Å². The van der Waals surface area contributed by atoms with E-state index >= 15 is 0 Å². The van der Waals surface area contributed by atoms with Crippen molar-refractivity contribution in [3.05, 3.63) is 60.2 Å². The molecule has 4 aromatic rings. The molecular formula is C18H18N8O. The molecule has 0 N–H and O–H groups in total. The van der Waals surface area contributed by atoms with Crippen molar-refractivity contribution in [3.8, 4) is 23.1 Å². The van der Waals surface area contributed by atoms with Gasteiger partial charge in [0.15, 0.2) is 11.9 Å². The summed E-state index contributed by atoms with van der Waals surface area (Å²) in [6.07, 6.45) is 2.98. The van der Waals surface area contributed by atoms with Gasteiger partial charge in [-0.1, -0.05) is 17.2 Å². The summed E-state index contributed by atoms with van der Waals surface area (Å²) in [5.41, 5.74) is 2.88. The first-order valence-corrected chi connectivity index (χ1v) is 8.45. The zero-order valence-electron chi connectivity index (χ0n) is 15.2. The number of rotatable bonds is 5. The molecule has 0 aliphatic rings. The number of aryl methyl sites for hydroxylation is 1. The molecule has 9 nitrogen and oxygen atoms in total. The van der Waals surface area contributed by atoms with Crippen LogP contribution in [0.1, 0.15) is 24.4 Å². The van der Waals surface area contributed by atoms with Gasteiger partial charge < -0.3 is 4.74 Å². The van der Waals surface area contributed by atoms with Gasteiger partial charge >= 0.3 is 6.01 Å². The highest BCUT2D eigenvalue weighted by Crippen LogP contribution is 2.22. The average Bonchev–Trinajstić information content (AvgIpc) is 3.31. The van der Waals surface area contributed by atoms with Crippen molar-refractivity contribution < 1.29 is 4.74 Å². The summed E-state index contributed by atoms with van der Waals surface area (Å²) in [6.45, 7) is 3.86. The van der Waals surface area contributed by atoms with Crippen molar-refractivity contribution in [3.63, 3.8) is 0 Å². The Bertz CT molecular complexity index is 1060. The first-order valence-electron chi connectivity index (χ1n) is 8.45. The molecule has 0 radical (unpaired) electrons. The van der Waals surface area contributed by atoms with Gasteiger partial charge in [0.05, 0.1) is 5.69 Å².